The van der Waals surface area contributed by atoms with Crippen LogP contribution in [0.3, 0.4) is 0 Å². The highest BCUT2D eigenvalue weighted by atomic mass is 16.5. The van der Waals surface area contributed by atoms with Crippen molar-refractivity contribution in [2.75, 3.05) is 0 Å². The summed E-state index contributed by atoms with van der Waals surface area (Å²) in [7, 11) is 0. The van der Waals surface area contributed by atoms with Crippen molar-refractivity contribution in [1.82, 2.24) is 14.1 Å². The second-order valence-electron chi connectivity index (χ2n) is 25.0. The lowest BCUT2D eigenvalue weighted by Crippen LogP contribution is -2.31. The van der Waals surface area contributed by atoms with E-state index in [0.717, 1.165) is 56.4 Å². The van der Waals surface area contributed by atoms with Gasteiger partial charge in [-0.3, -0.25) is 13.7 Å². The van der Waals surface area contributed by atoms with Crippen LogP contribution in [0.15, 0.2) is 158 Å². The van der Waals surface area contributed by atoms with Crippen LogP contribution in [0.4, 0.5) is 0 Å². The van der Waals surface area contributed by atoms with Crippen LogP contribution in [0.2, 0.25) is 0 Å². The molecule has 5 heteroatoms. The van der Waals surface area contributed by atoms with Crippen molar-refractivity contribution in [1.29, 1.82) is 0 Å². The van der Waals surface area contributed by atoms with E-state index < -0.39 is 5.41 Å². The Morgan fingerprint density at radius 3 is 1.63 bits per heavy atom. The van der Waals surface area contributed by atoms with Crippen LogP contribution in [0.25, 0.3) is 39.0 Å². The van der Waals surface area contributed by atoms with E-state index in [1.807, 2.05) is 6.20 Å². The summed E-state index contributed by atoms with van der Waals surface area (Å²) in [6.07, 6.45) is 8.15. The molecule has 0 fully saturated rings. The van der Waals surface area contributed by atoms with E-state index in [0.29, 0.717) is 0 Å². The summed E-state index contributed by atoms with van der Waals surface area (Å²) in [6, 6.07) is 53.3. The van der Waals surface area contributed by atoms with E-state index in [-0.39, 0.29) is 27.1 Å². The molecule has 0 unspecified atom stereocenters. The van der Waals surface area contributed by atoms with E-state index in [2.05, 4.69) is 283 Å². The third-order valence-electron chi connectivity index (χ3n) is 14.8. The first-order valence-electron chi connectivity index (χ1n) is 25.4. The highest BCUT2D eigenvalue weighted by molar-refractivity contribution is 6.09. The molecule has 5 nitrogen and oxygen atoms in total. The van der Waals surface area contributed by atoms with Gasteiger partial charge in [0.15, 0.2) is 0 Å². The van der Waals surface area contributed by atoms with Gasteiger partial charge in [0.25, 0.3) is 6.33 Å². The first-order valence-corrected chi connectivity index (χ1v) is 25.4. The quantitative estimate of drug-likeness (QED) is 0.107. The van der Waals surface area contributed by atoms with Crippen molar-refractivity contribution in [2.45, 2.75) is 143 Å². The van der Waals surface area contributed by atoms with E-state index in [9.17, 15) is 0 Å². The lowest BCUT2D eigenvalue weighted by molar-refractivity contribution is -0.599. The number of nitrogens with zero attached hydrogens (tertiary/aromatic N) is 4. The molecule has 71 heavy (non-hydrogen) atoms. The highest BCUT2D eigenvalue weighted by Gasteiger charge is 2.32. The lowest BCUT2D eigenvalue weighted by atomic mass is 9.75. The van der Waals surface area contributed by atoms with Gasteiger partial charge in [-0.15, -0.1) is 0 Å². The van der Waals surface area contributed by atoms with Crippen LogP contribution < -0.4 is 9.30 Å². The Hall–Kier alpha value is -6.72. The van der Waals surface area contributed by atoms with Crippen molar-refractivity contribution in [3.63, 3.8) is 0 Å². The number of aromatic nitrogens is 4. The topological polar surface area (TPSA) is 35.9 Å². The van der Waals surface area contributed by atoms with Crippen molar-refractivity contribution in [3.8, 4) is 28.7 Å². The maximum absolute atomic E-state index is 7.11. The number of benzene rings is 6. The molecule has 0 aliphatic heterocycles. The van der Waals surface area contributed by atoms with Gasteiger partial charge in [-0.25, -0.2) is 4.98 Å². The molecular weight excluding hydrogens is 865 g/mol. The molecule has 0 saturated heterocycles. The fourth-order valence-corrected chi connectivity index (χ4v) is 9.83. The summed E-state index contributed by atoms with van der Waals surface area (Å²) in [5.41, 5.74) is 13.1. The average molecular weight is 939 g/mol. The third-order valence-corrected chi connectivity index (χ3v) is 14.8. The minimum atomic E-state index is -0.404. The van der Waals surface area contributed by atoms with Crippen molar-refractivity contribution < 1.29 is 9.30 Å². The van der Waals surface area contributed by atoms with Crippen LogP contribution in [0.1, 0.15) is 155 Å². The molecule has 0 saturated carbocycles. The number of hydrogen-bond donors (Lipinski definition) is 0. The SMILES string of the molecule is CC(C)(C)c1cc(Oc2ccc3c4cc(C(C)(C)C)ccc4n(-c4cc(C(C)(C)C)ccn4)c3c2)cc(-n2[c-][n+](-c3cc(C(C)(C)C)cc(C(C)(C)c4ccccc4)c3)cc2C(C)(C)c2ccccc2)c1. The van der Waals surface area contributed by atoms with Gasteiger partial charge in [0.05, 0.1) is 28.1 Å². The zero-order valence-corrected chi connectivity index (χ0v) is 45.2. The number of rotatable bonds is 9. The predicted molar refractivity (Wildman–Crippen MR) is 297 cm³/mol. The highest BCUT2D eigenvalue weighted by Crippen LogP contribution is 2.41. The lowest BCUT2D eigenvalue weighted by Gasteiger charge is -2.30. The Morgan fingerprint density at radius 2 is 1.01 bits per heavy atom. The van der Waals surface area contributed by atoms with E-state index in [1.165, 1.54) is 38.8 Å². The minimum Gasteiger partial charge on any atom is -0.458 e. The standard InChI is InChI=1S/C66H74N4O/c1-61(2,3)46-27-30-57-56(38-46)55-29-28-53(41-58(55)70(57)60-39-47(31-32-67-60)62(4,5)6)71-54-37-49(64(10,11)12)35-52(40-54)69-43-68(42-59(69)66(15,16)45-25-21-18-22-26-45)51-34-48(63(7,8)9)33-50(36-51)65(13,14)44-23-19-17-20-24-44/h17-42H,1-16H3. The second kappa shape index (κ2) is 17.5. The van der Waals surface area contributed by atoms with Crippen molar-refractivity contribution in [3.05, 3.63) is 209 Å². The Labute approximate surface area is 424 Å². The van der Waals surface area contributed by atoms with Gasteiger partial charge >= 0.3 is 0 Å². The number of hydrogen-bond acceptors (Lipinski definition) is 2. The van der Waals surface area contributed by atoms with Gasteiger partial charge in [0.2, 0.25) is 0 Å². The molecule has 0 radical (unpaired) electrons. The van der Waals surface area contributed by atoms with Gasteiger partial charge in [-0.1, -0.05) is 184 Å². The smallest absolute Gasteiger partial charge is 0.269 e. The average Bonchev–Trinajstić information content (AvgIpc) is 3.92. The molecule has 0 atom stereocenters. The van der Waals surface area contributed by atoms with Crippen LogP contribution >= 0.6 is 0 Å². The van der Waals surface area contributed by atoms with Gasteiger partial charge in [-0.2, -0.15) is 0 Å². The Bertz CT molecular complexity index is 3410. The molecule has 0 aliphatic carbocycles. The molecule has 0 N–H and O–H groups in total. The first kappa shape index (κ1) is 49.3. The molecule has 6 aromatic carbocycles. The van der Waals surface area contributed by atoms with Gasteiger partial charge in [-0.05, 0) is 127 Å². The van der Waals surface area contributed by atoms with Crippen LogP contribution in [-0.4, -0.2) is 14.1 Å². The maximum Gasteiger partial charge on any atom is 0.269 e. The summed E-state index contributed by atoms with van der Waals surface area (Å²) in [5.74, 6) is 2.41. The molecule has 9 rings (SSSR count). The Balaban J connectivity index is 1.23. The second-order valence-corrected chi connectivity index (χ2v) is 25.0. The van der Waals surface area contributed by atoms with Crippen molar-refractivity contribution in [2.24, 2.45) is 0 Å². The molecular formula is C66H74N4O. The first-order chi connectivity index (χ1) is 33.2. The van der Waals surface area contributed by atoms with E-state index in [4.69, 9.17) is 9.72 Å². The maximum atomic E-state index is 7.11. The summed E-state index contributed by atoms with van der Waals surface area (Å²) < 4.78 is 13.9. The van der Waals surface area contributed by atoms with Crippen LogP contribution in [0, 0.1) is 6.33 Å². The molecule has 3 aromatic heterocycles. The number of imidazole rings is 1. The molecule has 0 spiro atoms. The zero-order valence-electron chi connectivity index (χ0n) is 45.2. The summed E-state index contributed by atoms with van der Waals surface area (Å²) in [5, 5.41) is 2.36. The van der Waals surface area contributed by atoms with Gasteiger partial charge < -0.3 is 4.74 Å². The minimum absolute atomic E-state index is 0.00285. The van der Waals surface area contributed by atoms with Crippen LogP contribution in [-0.2, 0) is 32.5 Å². The summed E-state index contributed by atoms with van der Waals surface area (Å²) in [4.78, 5) is 5.00. The fourth-order valence-electron chi connectivity index (χ4n) is 9.83. The molecule has 0 aliphatic rings. The number of fused-ring (bicyclic) bond motifs is 3. The van der Waals surface area contributed by atoms with Gasteiger partial charge in [0.1, 0.15) is 17.3 Å². The van der Waals surface area contributed by atoms with Gasteiger partial charge in [0, 0.05) is 40.1 Å². The molecule has 9 aromatic rings. The summed E-state index contributed by atoms with van der Waals surface area (Å²) >= 11 is 0. The number of pyridine rings is 1. The monoisotopic (exact) mass is 939 g/mol. The molecule has 0 amide bonds. The predicted octanol–water partition coefficient (Wildman–Crippen LogP) is 16.7. The van der Waals surface area contributed by atoms with Crippen molar-refractivity contribution >= 4 is 21.8 Å². The third kappa shape index (κ3) is 9.61. The fraction of sp³-hybridized carbons (Fsp3) is 0.333. The van der Waals surface area contributed by atoms with E-state index >= 15 is 0 Å². The number of ether oxygens (including phenoxy) is 1. The zero-order chi connectivity index (χ0) is 51.1. The molecule has 0 bridgehead atoms. The summed E-state index contributed by atoms with van der Waals surface area (Å²) in [6.45, 7) is 36.6. The Morgan fingerprint density at radius 1 is 0.437 bits per heavy atom. The normalized spacial score (nSPS) is 13.1. The largest absolute Gasteiger partial charge is 0.458 e. The van der Waals surface area contributed by atoms with E-state index in [1.54, 1.807) is 0 Å². The Kier molecular flexibility index (Phi) is 12.2. The molecule has 364 valence electrons. The molecule has 3 heterocycles. The van der Waals surface area contributed by atoms with Crippen LogP contribution in [0.5, 0.6) is 11.5 Å².